The minimum atomic E-state index is 0.573. The molecular formula is C23H24Cl2N2. The molecule has 0 N–H and O–H groups in total. The third kappa shape index (κ3) is 3.54. The molecule has 1 aliphatic rings. The molecule has 3 aromatic rings. The summed E-state index contributed by atoms with van der Waals surface area (Å²) in [5, 5.41) is 2.54. The van der Waals surface area contributed by atoms with Crippen molar-refractivity contribution in [1.29, 1.82) is 0 Å². The summed E-state index contributed by atoms with van der Waals surface area (Å²) in [6.45, 7) is 9.47. The van der Waals surface area contributed by atoms with Gasteiger partial charge in [0.15, 0.2) is 0 Å². The molecule has 0 saturated carbocycles. The number of hydrogen-bond acceptors (Lipinski definition) is 1. The quantitative estimate of drug-likeness (QED) is 0.524. The summed E-state index contributed by atoms with van der Waals surface area (Å²) in [7, 11) is 2.21. The van der Waals surface area contributed by atoms with Gasteiger partial charge in [-0.15, -0.1) is 0 Å². The van der Waals surface area contributed by atoms with Crippen molar-refractivity contribution in [2.24, 2.45) is 0 Å². The first-order valence-electron chi connectivity index (χ1n) is 9.36. The third-order valence-electron chi connectivity index (χ3n) is 5.59. The van der Waals surface area contributed by atoms with Crippen molar-refractivity contribution in [3.8, 4) is 0 Å². The fourth-order valence-electron chi connectivity index (χ4n) is 4.05. The molecule has 0 unspecified atom stereocenters. The Kier molecular flexibility index (Phi) is 5.07. The molecule has 2 aromatic carbocycles. The Morgan fingerprint density at radius 2 is 1.81 bits per heavy atom. The number of hydrogen-bond donors (Lipinski definition) is 0. The first kappa shape index (κ1) is 18.6. The van der Waals surface area contributed by atoms with Crippen LogP contribution in [-0.2, 0) is 19.4 Å². The van der Waals surface area contributed by atoms with Crippen molar-refractivity contribution in [2.75, 3.05) is 20.1 Å². The van der Waals surface area contributed by atoms with Crippen LogP contribution in [0.25, 0.3) is 16.5 Å². The lowest BCUT2D eigenvalue weighted by Crippen LogP contribution is -2.21. The summed E-state index contributed by atoms with van der Waals surface area (Å²) in [6.07, 6.45) is 2.16. The summed E-state index contributed by atoms with van der Waals surface area (Å²) in [6, 6.07) is 12.5. The SMILES string of the molecule is C=C(Cn1c2c(c3cc(C)ccc31)CCN(C)CC2)c1ccc(Cl)c(Cl)c1. The van der Waals surface area contributed by atoms with Gasteiger partial charge in [0.25, 0.3) is 0 Å². The van der Waals surface area contributed by atoms with Gasteiger partial charge in [0.2, 0.25) is 0 Å². The zero-order chi connectivity index (χ0) is 19.1. The zero-order valence-electron chi connectivity index (χ0n) is 15.9. The predicted molar refractivity (Wildman–Crippen MR) is 117 cm³/mol. The summed E-state index contributed by atoms with van der Waals surface area (Å²) < 4.78 is 2.45. The standard InChI is InChI=1S/C23H24Cl2N2/c1-15-4-7-22-19(12-15)18-8-10-26(3)11-9-23(18)27(22)14-16(2)17-5-6-20(24)21(25)13-17/h4-7,12-13H,2,8-11,14H2,1,3H3. The number of aryl methyl sites for hydroxylation is 1. The maximum atomic E-state index is 6.22. The van der Waals surface area contributed by atoms with Gasteiger partial charge < -0.3 is 9.47 Å². The molecule has 1 aliphatic heterocycles. The molecule has 27 heavy (non-hydrogen) atoms. The van der Waals surface area contributed by atoms with Crippen molar-refractivity contribution < 1.29 is 0 Å². The van der Waals surface area contributed by atoms with Crippen LogP contribution in [0, 0.1) is 6.92 Å². The second kappa shape index (κ2) is 7.35. The molecule has 140 valence electrons. The maximum absolute atomic E-state index is 6.22. The average molecular weight is 399 g/mol. The van der Waals surface area contributed by atoms with Crippen molar-refractivity contribution >= 4 is 39.7 Å². The largest absolute Gasteiger partial charge is 0.340 e. The molecule has 0 saturated heterocycles. The number of nitrogens with zero attached hydrogens (tertiary/aromatic N) is 2. The monoisotopic (exact) mass is 398 g/mol. The Morgan fingerprint density at radius 3 is 2.59 bits per heavy atom. The third-order valence-corrected chi connectivity index (χ3v) is 6.33. The van der Waals surface area contributed by atoms with Crippen LogP contribution in [0.2, 0.25) is 10.0 Å². The van der Waals surface area contributed by atoms with Gasteiger partial charge in [0, 0.05) is 42.7 Å². The minimum absolute atomic E-state index is 0.573. The molecule has 2 nitrogen and oxygen atoms in total. The van der Waals surface area contributed by atoms with E-state index in [1.54, 1.807) is 0 Å². The molecule has 4 heteroatoms. The van der Waals surface area contributed by atoms with E-state index in [0.29, 0.717) is 10.0 Å². The van der Waals surface area contributed by atoms with Crippen LogP contribution in [-0.4, -0.2) is 29.6 Å². The van der Waals surface area contributed by atoms with Crippen LogP contribution in [0.1, 0.15) is 22.4 Å². The smallest absolute Gasteiger partial charge is 0.0598 e. The molecule has 0 aliphatic carbocycles. The van der Waals surface area contributed by atoms with Crippen LogP contribution >= 0.6 is 23.2 Å². The van der Waals surface area contributed by atoms with Crippen molar-refractivity contribution in [3.05, 3.63) is 75.4 Å². The highest BCUT2D eigenvalue weighted by Crippen LogP contribution is 2.32. The van der Waals surface area contributed by atoms with E-state index < -0.39 is 0 Å². The van der Waals surface area contributed by atoms with Crippen LogP contribution in [0.3, 0.4) is 0 Å². The number of aromatic nitrogens is 1. The minimum Gasteiger partial charge on any atom is -0.340 e. The van der Waals surface area contributed by atoms with Gasteiger partial charge in [-0.05, 0) is 61.4 Å². The Balaban J connectivity index is 1.79. The number of fused-ring (bicyclic) bond motifs is 3. The molecule has 2 heterocycles. The summed E-state index contributed by atoms with van der Waals surface area (Å²) >= 11 is 12.3. The molecule has 0 fully saturated rings. The van der Waals surface area contributed by atoms with E-state index in [1.165, 1.54) is 27.7 Å². The average Bonchev–Trinajstić information content (AvgIpc) is 2.78. The van der Waals surface area contributed by atoms with E-state index in [-0.39, 0.29) is 0 Å². The molecule has 1 aromatic heterocycles. The number of halogens is 2. The van der Waals surface area contributed by atoms with Gasteiger partial charge in [-0.3, -0.25) is 0 Å². The molecule has 0 radical (unpaired) electrons. The second-order valence-electron chi connectivity index (χ2n) is 7.57. The Bertz CT molecular complexity index is 1030. The Labute approximate surface area is 171 Å². The highest BCUT2D eigenvalue weighted by atomic mass is 35.5. The summed E-state index contributed by atoms with van der Waals surface area (Å²) in [4.78, 5) is 2.42. The van der Waals surface area contributed by atoms with Crippen LogP contribution in [0.4, 0.5) is 0 Å². The second-order valence-corrected chi connectivity index (χ2v) is 8.38. The lowest BCUT2D eigenvalue weighted by atomic mass is 10.1. The van der Waals surface area contributed by atoms with Gasteiger partial charge in [-0.25, -0.2) is 0 Å². The molecule has 0 bridgehead atoms. The maximum Gasteiger partial charge on any atom is 0.0598 e. The molecule has 0 amide bonds. The fourth-order valence-corrected chi connectivity index (χ4v) is 4.34. The van der Waals surface area contributed by atoms with E-state index in [0.717, 1.165) is 43.6 Å². The molecule has 4 rings (SSSR count). The van der Waals surface area contributed by atoms with Crippen LogP contribution < -0.4 is 0 Å². The van der Waals surface area contributed by atoms with E-state index in [2.05, 4.69) is 48.2 Å². The van der Waals surface area contributed by atoms with Crippen LogP contribution in [0.15, 0.2) is 43.0 Å². The van der Waals surface area contributed by atoms with Gasteiger partial charge in [0.1, 0.15) is 0 Å². The van der Waals surface area contributed by atoms with Gasteiger partial charge in [-0.1, -0.05) is 47.5 Å². The van der Waals surface area contributed by atoms with E-state index >= 15 is 0 Å². The highest BCUT2D eigenvalue weighted by Gasteiger charge is 2.21. The van der Waals surface area contributed by atoms with Gasteiger partial charge in [0.05, 0.1) is 10.0 Å². The molecule has 0 spiro atoms. The number of allylic oxidation sites excluding steroid dienone is 1. The van der Waals surface area contributed by atoms with Crippen LogP contribution in [0.5, 0.6) is 0 Å². The fraction of sp³-hybridized carbons (Fsp3) is 0.304. The number of likely N-dealkylation sites (N-methyl/N-ethyl adjacent to an activating group) is 1. The van der Waals surface area contributed by atoms with Crippen molar-refractivity contribution in [1.82, 2.24) is 9.47 Å². The highest BCUT2D eigenvalue weighted by molar-refractivity contribution is 6.42. The van der Waals surface area contributed by atoms with Crippen molar-refractivity contribution in [3.63, 3.8) is 0 Å². The van der Waals surface area contributed by atoms with Gasteiger partial charge in [-0.2, -0.15) is 0 Å². The first-order valence-corrected chi connectivity index (χ1v) is 10.1. The molecular weight excluding hydrogens is 375 g/mol. The van der Waals surface area contributed by atoms with E-state index in [9.17, 15) is 0 Å². The topological polar surface area (TPSA) is 8.17 Å². The van der Waals surface area contributed by atoms with Crippen molar-refractivity contribution in [2.45, 2.75) is 26.3 Å². The number of rotatable bonds is 3. The lowest BCUT2D eigenvalue weighted by molar-refractivity contribution is 0.351. The first-order chi connectivity index (χ1) is 12.9. The Morgan fingerprint density at radius 1 is 1.04 bits per heavy atom. The lowest BCUT2D eigenvalue weighted by Gasteiger charge is -2.15. The van der Waals surface area contributed by atoms with E-state index in [4.69, 9.17) is 23.2 Å². The zero-order valence-corrected chi connectivity index (χ0v) is 17.4. The summed E-state index contributed by atoms with van der Waals surface area (Å²) in [5.41, 5.74) is 7.64. The molecule has 0 atom stereocenters. The normalized spacial score (nSPS) is 15.0. The predicted octanol–water partition coefficient (Wildman–Crippen LogP) is 6.00. The van der Waals surface area contributed by atoms with E-state index in [1.807, 2.05) is 18.2 Å². The summed E-state index contributed by atoms with van der Waals surface area (Å²) in [5.74, 6) is 0. The Hall–Kier alpha value is -1.74. The van der Waals surface area contributed by atoms with Gasteiger partial charge >= 0.3 is 0 Å². The number of benzene rings is 2.